The van der Waals surface area contributed by atoms with Crippen molar-refractivity contribution in [3.05, 3.63) is 9.26 Å². The SMILES string of the molecule is CC(C)Cc1nc(N(C)C)nc(N)c1I. The predicted octanol–water partition coefficient (Wildman–Crippen LogP) is 1.93. The second-order valence-electron chi connectivity index (χ2n) is 4.16. The minimum Gasteiger partial charge on any atom is -0.383 e. The highest BCUT2D eigenvalue weighted by molar-refractivity contribution is 14.1. The summed E-state index contributed by atoms with van der Waals surface area (Å²) >= 11 is 2.21. The van der Waals surface area contributed by atoms with Gasteiger partial charge >= 0.3 is 0 Å². The summed E-state index contributed by atoms with van der Waals surface area (Å²) in [4.78, 5) is 10.6. The first-order valence-electron chi connectivity index (χ1n) is 4.91. The lowest BCUT2D eigenvalue weighted by Crippen LogP contribution is -2.16. The van der Waals surface area contributed by atoms with Gasteiger partial charge in [-0.1, -0.05) is 13.8 Å². The Kier molecular flexibility index (Phi) is 4.12. The Morgan fingerprint density at radius 3 is 2.40 bits per heavy atom. The van der Waals surface area contributed by atoms with E-state index < -0.39 is 0 Å². The molecular formula is C10H17IN4. The molecule has 0 aliphatic rings. The molecule has 0 fully saturated rings. The number of rotatable bonds is 3. The molecule has 0 radical (unpaired) electrons. The molecule has 1 aromatic heterocycles. The summed E-state index contributed by atoms with van der Waals surface area (Å²) in [5, 5.41) is 0. The molecule has 2 N–H and O–H groups in total. The molecule has 0 aliphatic heterocycles. The fraction of sp³-hybridized carbons (Fsp3) is 0.600. The summed E-state index contributed by atoms with van der Waals surface area (Å²) in [5.74, 6) is 1.83. The number of nitrogen functional groups attached to an aromatic ring is 1. The Labute approximate surface area is 104 Å². The van der Waals surface area contributed by atoms with Crippen molar-refractivity contribution in [3.8, 4) is 0 Å². The molecular weight excluding hydrogens is 303 g/mol. The van der Waals surface area contributed by atoms with E-state index in [1.165, 1.54) is 0 Å². The normalized spacial score (nSPS) is 10.8. The van der Waals surface area contributed by atoms with Gasteiger partial charge in [-0.3, -0.25) is 0 Å². The number of nitrogens with two attached hydrogens (primary N) is 1. The van der Waals surface area contributed by atoms with E-state index in [2.05, 4.69) is 46.4 Å². The van der Waals surface area contributed by atoms with Gasteiger partial charge in [0.05, 0.1) is 9.26 Å². The minimum absolute atomic E-state index is 0.572. The molecule has 84 valence electrons. The lowest BCUT2D eigenvalue weighted by atomic mass is 10.1. The van der Waals surface area contributed by atoms with Crippen molar-refractivity contribution in [1.82, 2.24) is 9.97 Å². The fourth-order valence-corrected chi connectivity index (χ4v) is 1.68. The molecule has 0 saturated heterocycles. The Hall–Kier alpha value is -0.590. The third kappa shape index (κ3) is 3.19. The third-order valence-corrected chi connectivity index (χ3v) is 3.11. The van der Waals surface area contributed by atoms with Crippen LogP contribution in [-0.4, -0.2) is 24.1 Å². The molecule has 0 spiro atoms. The van der Waals surface area contributed by atoms with Crippen molar-refractivity contribution in [2.75, 3.05) is 24.7 Å². The standard InChI is InChI=1S/C10H17IN4/c1-6(2)5-7-8(11)9(12)14-10(13-7)15(3)4/h6H,5H2,1-4H3,(H2,12,13,14). The molecule has 0 bridgehead atoms. The minimum atomic E-state index is 0.572. The second kappa shape index (κ2) is 4.96. The molecule has 1 rings (SSSR count). The predicted molar refractivity (Wildman–Crippen MR) is 72.0 cm³/mol. The van der Waals surface area contributed by atoms with Gasteiger partial charge in [-0.05, 0) is 34.9 Å². The molecule has 1 aromatic rings. The van der Waals surface area contributed by atoms with Crippen LogP contribution in [0, 0.1) is 9.49 Å². The van der Waals surface area contributed by atoms with Gasteiger partial charge in [0.1, 0.15) is 5.82 Å². The zero-order chi connectivity index (χ0) is 11.6. The van der Waals surface area contributed by atoms with E-state index >= 15 is 0 Å². The summed E-state index contributed by atoms with van der Waals surface area (Å²) < 4.78 is 0.979. The van der Waals surface area contributed by atoms with E-state index in [4.69, 9.17) is 5.73 Å². The maximum atomic E-state index is 5.85. The van der Waals surface area contributed by atoms with Crippen LogP contribution in [0.25, 0.3) is 0 Å². The zero-order valence-corrected chi connectivity index (χ0v) is 11.7. The van der Waals surface area contributed by atoms with Gasteiger partial charge in [0.2, 0.25) is 5.95 Å². The largest absolute Gasteiger partial charge is 0.383 e. The van der Waals surface area contributed by atoms with Crippen LogP contribution in [0.2, 0.25) is 0 Å². The van der Waals surface area contributed by atoms with Gasteiger partial charge in [0.15, 0.2) is 0 Å². The van der Waals surface area contributed by atoms with E-state index in [0.717, 1.165) is 15.7 Å². The summed E-state index contributed by atoms with van der Waals surface area (Å²) in [7, 11) is 3.83. The van der Waals surface area contributed by atoms with Gasteiger partial charge < -0.3 is 10.6 Å². The van der Waals surface area contributed by atoms with Crippen LogP contribution in [-0.2, 0) is 6.42 Å². The first kappa shape index (κ1) is 12.5. The number of anilines is 2. The summed E-state index contributed by atoms with van der Waals surface area (Å²) in [6.45, 7) is 4.34. The van der Waals surface area contributed by atoms with Crippen molar-refractivity contribution >= 4 is 34.4 Å². The first-order valence-corrected chi connectivity index (χ1v) is 5.99. The zero-order valence-electron chi connectivity index (χ0n) is 9.58. The fourth-order valence-electron chi connectivity index (χ4n) is 1.22. The van der Waals surface area contributed by atoms with Crippen LogP contribution in [0.15, 0.2) is 0 Å². The number of halogens is 1. The number of hydrogen-bond acceptors (Lipinski definition) is 4. The molecule has 0 aromatic carbocycles. The summed E-state index contributed by atoms with van der Waals surface area (Å²) in [6.07, 6.45) is 0.936. The Morgan fingerprint density at radius 2 is 1.93 bits per heavy atom. The molecule has 0 aliphatic carbocycles. The monoisotopic (exact) mass is 320 g/mol. The van der Waals surface area contributed by atoms with Crippen LogP contribution in [0.5, 0.6) is 0 Å². The molecule has 1 heterocycles. The van der Waals surface area contributed by atoms with E-state index in [1.807, 2.05) is 19.0 Å². The highest BCUT2D eigenvalue weighted by Crippen LogP contribution is 2.21. The van der Waals surface area contributed by atoms with E-state index in [0.29, 0.717) is 17.7 Å². The van der Waals surface area contributed by atoms with E-state index in [1.54, 1.807) is 0 Å². The molecule has 5 heteroatoms. The Morgan fingerprint density at radius 1 is 1.33 bits per heavy atom. The lowest BCUT2D eigenvalue weighted by molar-refractivity contribution is 0.631. The highest BCUT2D eigenvalue weighted by Gasteiger charge is 2.12. The van der Waals surface area contributed by atoms with Crippen LogP contribution >= 0.6 is 22.6 Å². The van der Waals surface area contributed by atoms with Crippen LogP contribution in [0.1, 0.15) is 19.5 Å². The van der Waals surface area contributed by atoms with Gasteiger partial charge in [-0.2, -0.15) is 4.98 Å². The highest BCUT2D eigenvalue weighted by atomic mass is 127. The topological polar surface area (TPSA) is 55.0 Å². The van der Waals surface area contributed by atoms with Crippen LogP contribution in [0.3, 0.4) is 0 Å². The maximum Gasteiger partial charge on any atom is 0.227 e. The quantitative estimate of drug-likeness (QED) is 0.865. The van der Waals surface area contributed by atoms with Gasteiger partial charge in [0, 0.05) is 14.1 Å². The number of hydrogen-bond donors (Lipinski definition) is 1. The van der Waals surface area contributed by atoms with Crippen LogP contribution < -0.4 is 10.6 Å². The number of nitrogens with zero attached hydrogens (tertiary/aromatic N) is 3. The van der Waals surface area contributed by atoms with Crippen molar-refractivity contribution < 1.29 is 0 Å². The Bertz CT molecular complexity index is 350. The van der Waals surface area contributed by atoms with Crippen molar-refractivity contribution in [3.63, 3.8) is 0 Å². The van der Waals surface area contributed by atoms with Crippen molar-refractivity contribution in [1.29, 1.82) is 0 Å². The van der Waals surface area contributed by atoms with E-state index in [-0.39, 0.29) is 0 Å². The van der Waals surface area contributed by atoms with Gasteiger partial charge in [0.25, 0.3) is 0 Å². The smallest absolute Gasteiger partial charge is 0.227 e. The lowest BCUT2D eigenvalue weighted by Gasteiger charge is -2.14. The molecule has 4 nitrogen and oxygen atoms in total. The average molecular weight is 320 g/mol. The average Bonchev–Trinajstić information content (AvgIpc) is 2.11. The Balaban J connectivity index is 3.13. The van der Waals surface area contributed by atoms with Crippen LogP contribution in [0.4, 0.5) is 11.8 Å². The third-order valence-electron chi connectivity index (χ3n) is 1.94. The molecule has 0 atom stereocenters. The molecule has 0 saturated carbocycles. The first-order chi connectivity index (χ1) is 6.91. The molecule has 0 unspecified atom stereocenters. The molecule has 0 amide bonds. The second-order valence-corrected chi connectivity index (χ2v) is 5.24. The van der Waals surface area contributed by atoms with Gasteiger partial charge in [-0.25, -0.2) is 4.98 Å². The van der Waals surface area contributed by atoms with Crippen molar-refractivity contribution in [2.45, 2.75) is 20.3 Å². The number of aromatic nitrogens is 2. The summed E-state index contributed by atoms with van der Waals surface area (Å²) in [5.41, 5.74) is 6.89. The van der Waals surface area contributed by atoms with Crippen molar-refractivity contribution in [2.24, 2.45) is 5.92 Å². The maximum absolute atomic E-state index is 5.85. The molecule has 15 heavy (non-hydrogen) atoms. The summed E-state index contributed by atoms with van der Waals surface area (Å²) in [6, 6.07) is 0. The van der Waals surface area contributed by atoms with Gasteiger partial charge in [-0.15, -0.1) is 0 Å². The van der Waals surface area contributed by atoms with E-state index in [9.17, 15) is 0 Å².